The Morgan fingerprint density at radius 2 is 2.62 bits per heavy atom. The van der Waals surface area contributed by atoms with Crippen molar-refractivity contribution in [1.82, 2.24) is 10.2 Å². The molecule has 0 bridgehead atoms. The van der Waals surface area contributed by atoms with E-state index in [1.165, 1.54) is 0 Å². The van der Waals surface area contributed by atoms with Gasteiger partial charge in [0.2, 0.25) is 5.91 Å². The lowest BCUT2D eigenvalue weighted by Crippen LogP contribution is -2.49. The van der Waals surface area contributed by atoms with Crippen LogP contribution in [0, 0.1) is 0 Å². The number of carbonyl (C=O) groups excluding carboxylic acids is 1. The van der Waals surface area contributed by atoms with Crippen LogP contribution in [0.1, 0.15) is 5.76 Å². The monoisotopic (exact) mass is 240 g/mol. The van der Waals surface area contributed by atoms with Gasteiger partial charge in [0.15, 0.2) is 0 Å². The van der Waals surface area contributed by atoms with Crippen LogP contribution in [0.25, 0.3) is 0 Å². The summed E-state index contributed by atoms with van der Waals surface area (Å²) in [6, 6.07) is 3.67. The van der Waals surface area contributed by atoms with Gasteiger partial charge in [0.05, 0.1) is 18.8 Å². The largest absolute Gasteiger partial charge is 0.467 e. The molecule has 1 amide bonds. The molecule has 16 heavy (non-hydrogen) atoms. The maximum Gasteiger partial charge on any atom is 0.240 e. The van der Waals surface area contributed by atoms with E-state index in [-0.39, 0.29) is 11.9 Å². The molecule has 1 aliphatic rings. The minimum atomic E-state index is -0.0429. The summed E-state index contributed by atoms with van der Waals surface area (Å²) in [5.74, 6) is 2.91. The van der Waals surface area contributed by atoms with Crippen molar-refractivity contribution in [2.75, 3.05) is 25.1 Å². The minimum absolute atomic E-state index is 0.0429. The Morgan fingerprint density at radius 3 is 3.25 bits per heavy atom. The van der Waals surface area contributed by atoms with Crippen molar-refractivity contribution in [2.24, 2.45) is 0 Å². The molecule has 1 aromatic rings. The predicted octanol–water partition coefficient (Wildman–Crippen LogP) is 0.943. The standard InChI is InChI=1S/C11H16N2O2S/c1-13(7-9-3-2-5-15-9)11(14)10-8-16-6-4-12-10/h2-3,5,10,12H,4,6-8H2,1H3. The first-order chi connectivity index (χ1) is 7.77. The van der Waals surface area contributed by atoms with Crippen molar-refractivity contribution in [1.29, 1.82) is 0 Å². The van der Waals surface area contributed by atoms with E-state index < -0.39 is 0 Å². The van der Waals surface area contributed by atoms with Crippen molar-refractivity contribution in [3.63, 3.8) is 0 Å². The molecule has 0 aromatic carbocycles. The maximum atomic E-state index is 12.0. The van der Waals surface area contributed by atoms with E-state index in [2.05, 4.69) is 5.32 Å². The van der Waals surface area contributed by atoms with Crippen LogP contribution in [0.5, 0.6) is 0 Å². The van der Waals surface area contributed by atoms with E-state index in [0.29, 0.717) is 6.54 Å². The molecule has 0 radical (unpaired) electrons. The second-order valence-electron chi connectivity index (χ2n) is 3.86. The number of nitrogens with one attached hydrogen (secondary N) is 1. The fraction of sp³-hybridized carbons (Fsp3) is 0.545. The lowest BCUT2D eigenvalue weighted by Gasteiger charge is -2.26. The molecule has 4 nitrogen and oxygen atoms in total. The summed E-state index contributed by atoms with van der Waals surface area (Å²) in [5.41, 5.74) is 0. The summed E-state index contributed by atoms with van der Waals surface area (Å²) in [6.07, 6.45) is 1.63. The molecule has 0 spiro atoms. The van der Waals surface area contributed by atoms with Crippen molar-refractivity contribution >= 4 is 17.7 Å². The molecule has 1 aliphatic heterocycles. The molecule has 1 N–H and O–H groups in total. The van der Waals surface area contributed by atoms with Gasteiger partial charge in [-0.1, -0.05) is 0 Å². The number of hydrogen-bond acceptors (Lipinski definition) is 4. The fourth-order valence-corrected chi connectivity index (χ4v) is 2.63. The van der Waals surface area contributed by atoms with Gasteiger partial charge in [-0.05, 0) is 12.1 Å². The summed E-state index contributed by atoms with van der Waals surface area (Å²) >= 11 is 1.82. The van der Waals surface area contributed by atoms with Crippen LogP contribution in [-0.4, -0.2) is 41.9 Å². The first-order valence-electron chi connectivity index (χ1n) is 5.36. The molecule has 1 aromatic heterocycles. The van der Waals surface area contributed by atoms with Gasteiger partial charge in [-0.25, -0.2) is 0 Å². The van der Waals surface area contributed by atoms with Crippen LogP contribution >= 0.6 is 11.8 Å². The van der Waals surface area contributed by atoms with Crippen molar-refractivity contribution in [2.45, 2.75) is 12.6 Å². The molecule has 1 saturated heterocycles. The molecule has 0 saturated carbocycles. The van der Waals surface area contributed by atoms with Gasteiger partial charge in [-0.3, -0.25) is 4.79 Å². The first kappa shape index (κ1) is 11.5. The molecular formula is C11H16N2O2S. The maximum absolute atomic E-state index is 12.0. The molecule has 88 valence electrons. The average Bonchev–Trinajstić information content (AvgIpc) is 2.82. The minimum Gasteiger partial charge on any atom is -0.467 e. The van der Waals surface area contributed by atoms with E-state index >= 15 is 0 Å². The number of carbonyl (C=O) groups is 1. The second-order valence-corrected chi connectivity index (χ2v) is 5.01. The zero-order valence-electron chi connectivity index (χ0n) is 9.31. The number of amides is 1. The zero-order chi connectivity index (χ0) is 11.4. The average molecular weight is 240 g/mol. The lowest BCUT2D eigenvalue weighted by atomic mass is 10.2. The predicted molar refractivity (Wildman–Crippen MR) is 64.3 cm³/mol. The summed E-state index contributed by atoms with van der Waals surface area (Å²) in [5, 5.41) is 3.24. The van der Waals surface area contributed by atoms with Crippen LogP contribution in [0.15, 0.2) is 22.8 Å². The Labute approximate surface area is 99.4 Å². The molecule has 1 atom stereocenters. The van der Waals surface area contributed by atoms with Gasteiger partial charge in [0.25, 0.3) is 0 Å². The number of nitrogens with zero attached hydrogens (tertiary/aromatic N) is 1. The Bertz CT molecular complexity index is 334. The third-order valence-corrected chi connectivity index (χ3v) is 3.63. The summed E-state index contributed by atoms with van der Waals surface area (Å²) in [7, 11) is 1.81. The molecule has 1 fully saturated rings. The van der Waals surface area contributed by atoms with Crippen LogP contribution in [0.2, 0.25) is 0 Å². The van der Waals surface area contributed by atoms with Crippen LogP contribution in [0.4, 0.5) is 0 Å². The quantitative estimate of drug-likeness (QED) is 0.854. The van der Waals surface area contributed by atoms with Crippen molar-refractivity contribution in [3.05, 3.63) is 24.2 Å². The molecule has 5 heteroatoms. The molecule has 1 unspecified atom stereocenters. The molecule has 2 rings (SSSR count). The van der Waals surface area contributed by atoms with Gasteiger partial charge >= 0.3 is 0 Å². The third kappa shape index (κ3) is 2.80. The number of hydrogen-bond donors (Lipinski definition) is 1. The van der Waals surface area contributed by atoms with Crippen molar-refractivity contribution < 1.29 is 9.21 Å². The Hall–Kier alpha value is -0.940. The second kappa shape index (κ2) is 5.41. The SMILES string of the molecule is CN(Cc1ccco1)C(=O)C1CSCCN1. The highest BCUT2D eigenvalue weighted by Crippen LogP contribution is 2.11. The lowest BCUT2D eigenvalue weighted by molar-refractivity contribution is -0.132. The third-order valence-electron chi connectivity index (χ3n) is 2.57. The van der Waals surface area contributed by atoms with E-state index in [9.17, 15) is 4.79 Å². The Kier molecular flexibility index (Phi) is 3.90. The van der Waals surface area contributed by atoms with E-state index in [1.807, 2.05) is 30.9 Å². The molecular weight excluding hydrogens is 224 g/mol. The number of rotatable bonds is 3. The molecule has 2 heterocycles. The fourth-order valence-electron chi connectivity index (χ4n) is 1.70. The summed E-state index contributed by atoms with van der Waals surface area (Å²) in [4.78, 5) is 13.7. The van der Waals surface area contributed by atoms with Crippen LogP contribution < -0.4 is 5.32 Å². The first-order valence-corrected chi connectivity index (χ1v) is 6.51. The van der Waals surface area contributed by atoms with Gasteiger partial charge < -0.3 is 14.6 Å². The Balaban J connectivity index is 1.88. The van der Waals surface area contributed by atoms with Gasteiger partial charge in [-0.2, -0.15) is 11.8 Å². The van der Waals surface area contributed by atoms with E-state index in [1.54, 1.807) is 11.2 Å². The van der Waals surface area contributed by atoms with Gasteiger partial charge in [0.1, 0.15) is 5.76 Å². The Morgan fingerprint density at radius 1 is 1.75 bits per heavy atom. The number of likely N-dealkylation sites (N-methyl/N-ethyl adjacent to an activating group) is 1. The molecule has 0 aliphatic carbocycles. The van der Waals surface area contributed by atoms with E-state index in [0.717, 1.165) is 23.8 Å². The van der Waals surface area contributed by atoms with Crippen LogP contribution in [-0.2, 0) is 11.3 Å². The topological polar surface area (TPSA) is 45.5 Å². The summed E-state index contributed by atoms with van der Waals surface area (Å²) < 4.78 is 5.22. The smallest absolute Gasteiger partial charge is 0.240 e. The van der Waals surface area contributed by atoms with Gasteiger partial charge in [0, 0.05) is 25.1 Å². The van der Waals surface area contributed by atoms with Crippen molar-refractivity contribution in [3.8, 4) is 0 Å². The van der Waals surface area contributed by atoms with Crippen LogP contribution in [0.3, 0.4) is 0 Å². The number of thioether (sulfide) groups is 1. The van der Waals surface area contributed by atoms with Gasteiger partial charge in [-0.15, -0.1) is 0 Å². The normalized spacial score (nSPS) is 20.7. The summed E-state index contributed by atoms with van der Waals surface area (Å²) in [6.45, 7) is 1.45. The number of furan rings is 1. The van der Waals surface area contributed by atoms with E-state index in [4.69, 9.17) is 4.42 Å². The highest BCUT2D eigenvalue weighted by atomic mass is 32.2. The highest BCUT2D eigenvalue weighted by Gasteiger charge is 2.24. The zero-order valence-corrected chi connectivity index (χ0v) is 10.1. The highest BCUT2D eigenvalue weighted by molar-refractivity contribution is 7.99.